The van der Waals surface area contributed by atoms with Crippen molar-refractivity contribution in [2.45, 2.75) is 6.42 Å². The molecule has 0 saturated heterocycles. The highest BCUT2D eigenvalue weighted by Gasteiger charge is 2.13. The van der Waals surface area contributed by atoms with Gasteiger partial charge >= 0.3 is 6.03 Å². The Bertz CT molecular complexity index is 1220. The first-order chi connectivity index (χ1) is 14.1. The maximum Gasteiger partial charge on any atom is 0.319 e. The molecule has 29 heavy (non-hydrogen) atoms. The lowest BCUT2D eigenvalue weighted by Gasteiger charge is -2.20. The molecule has 144 valence electrons. The molecule has 0 spiro atoms. The van der Waals surface area contributed by atoms with Crippen molar-refractivity contribution in [3.05, 3.63) is 88.8 Å². The minimum Gasteiger partial charge on any atom is -0.351 e. The van der Waals surface area contributed by atoms with E-state index in [2.05, 4.69) is 9.97 Å². The molecule has 4 aromatic rings. The van der Waals surface area contributed by atoms with Crippen LogP contribution in [0.3, 0.4) is 0 Å². The van der Waals surface area contributed by atoms with Gasteiger partial charge in [-0.05, 0) is 36.4 Å². The third-order valence-electron chi connectivity index (χ3n) is 4.48. The molecular formula is C22H18N4O2S. The van der Waals surface area contributed by atoms with Crippen LogP contribution in [0.5, 0.6) is 0 Å². The predicted octanol–water partition coefficient (Wildman–Crippen LogP) is 3.85. The largest absolute Gasteiger partial charge is 0.351 e. The number of carbonyl (C=O) groups excluding carboxylic acids is 1. The van der Waals surface area contributed by atoms with Gasteiger partial charge in [0.2, 0.25) is 0 Å². The number of amides is 2. The third kappa shape index (κ3) is 4.14. The number of anilines is 1. The van der Waals surface area contributed by atoms with E-state index >= 15 is 0 Å². The van der Waals surface area contributed by atoms with Crippen LogP contribution in [-0.4, -0.2) is 22.5 Å². The zero-order valence-corrected chi connectivity index (χ0v) is 16.3. The second kappa shape index (κ2) is 8.20. The van der Waals surface area contributed by atoms with Gasteiger partial charge in [-0.25, -0.2) is 4.79 Å². The Balaban J connectivity index is 1.59. The number of carbonyl (C=O) groups is 1. The summed E-state index contributed by atoms with van der Waals surface area (Å²) in [4.78, 5) is 34.5. The van der Waals surface area contributed by atoms with Crippen molar-refractivity contribution in [2.75, 3.05) is 11.4 Å². The number of nitrogens with zero attached hydrogens (tertiary/aromatic N) is 3. The SMILES string of the molecule is NC(=O)N(CCc1cccc(-c2nc(=O)c3ccccc3s2)n1)c1ccccc1. The van der Waals surface area contributed by atoms with Gasteiger partial charge in [0.1, 0.15) is 5.01 Å². The van der Waals surface area contributed by atoms with Gasteiger partial charge in [0.25, 0.3) is 5.56 Å². The smallest absolute Gasteiger partial charge is 0.319 e. The lowest BCUT2D eigenvalue weighted by atomic mass is 10.2. The van der Waals surface area contributed by atoms with E-state index < -0.39 is 6.03 Å². The monoisotopic (exact) mass is 402 g/mol. The van der Waals surface area contributed by atoms with Gasteiger partial charge in [-0.2, -0.15) is 4.98 Å². The summed E-state index contributed by atoms with van der Waals surface area (Å²) < 4.78 is 0.874. The summed E-state index contributed by atoms with van der Waals surface area (Å²) in [5, 5.41) is 1.18. The Morgan fingerprint density at radius 1 is 0.931 bits per heavy atom. The molecule has 0 fully saturated rings. The number of primary amides is 1. The Hall–Kier alpha value is -3.58. The molecule has 4 rings (SSSR count). The van der Waals surface area contributed by atoms with Crippen LogP contribution in [-0.2, 0) is 6.42 Å². The highest BCUT2D eigenvalue weighted by atomic mass is 32.1. The van der Waals surface area contributed by atoms with E-state index in [1.54, 1.807) is 6.07 Å². The summed E-state index contributed by atoms with van der Waals surface area (Å²) in [5.41, 5.74) is 7.46. The Kier molecular flexibility index (Phi) is 5.31. The minimum absolute atomic E-state index is 0.259. The van der Waals surface area contributed by atoms with Crippen LogP contribution in [0.2, 0.25) is 0 Å². The molecule has 0 bridgehead atoms. The molecule has 0 atom stereocenters. The molecule has 6 nitrogen and oxygen atoms in total. The normalized spacial score (nSPS) is 10.8. The van der Waals surface area contributed by atoms with E-state index in [0.29, 0.717) is 29.1 Å². The second-order valence-corrected chi connectivity index (χ2v) is 7.44. The molecule has 2 aromatic heterocycles. The summed E-state index contributed by atoms with van der Waals surface area (Å²) in [6, 6.07) is 21.8. The number of benzene rings is 2. The van der Waals surface area contributed by atoms with Crippen LogP contribution in [0.4, 0.5) is 10.5 Å². The van der Waals surface area contributed by atoms with E-state index in [-0.39, 0.29) is 5.56 Å². The van der Waals surface area contributed by atoms with Crippen molar-refractivity contribution in [3.63, 3.8) is 0 Å². The number of aromatic nitrogens is 2. The number of rotatable bonds is 5. The molecule has 2 amide bonds. The molecule has 0 saturated carbocycles. The fourth-order valence-corrected chi connectivity index (χ4v) is 4.03. The van der Waals surface area contributed by atoms with Crippen molar-refractivity contribution in [1.29, 1.82) is 0 Å². The first-order valence-corrected chi connectivity index (χ1v) is 9.92. The molecule has 2 heterocycles. The molecule has 0 unspecified atom stereocenters. The Morgan fingerprint density at radius 2 is 1.69 bits per heavy atom. The maximum absolute atomic E-state index is 12.3. The average Bonchev–Trinajstić information content (AvgIpc) is 2.75. The highest BCUT2D eigenvalue weighted by molar-refractivity contribution is 7.21. The van der Waals surface area contributed by atoms with Crippen molar-refractivity contribution < 1.29 is 4.79 Å². The average molecular weight is 402 g/mol. The zero-order chi connectivity index (χ0) is 20.2. The summed E-state index contributed by atoms with van der Waals surface area (Å²) in [7, 11) is 0. The van der Waals surface area contributed by atoms with Crippen molar-refractivity contribution >= 4 is 33.1 Å². The van der Waals surface area contributed by atoms with Crippen LogP contribution in [0, 0.1) is 0 Å². The number of fused-ring (bicyclic) bond motifs is 1. The van der Waals surface area contributed by atoms with Gasteiger partial charge in [-0.15, -0.1) is 11.3 Å². The van der Waals surface area contributed by atoms with E-state index in [0.717, 1.165) is 16.1 Å². The van der Waals surface area contributed by atoms with Gasteiger partial charge < -0.3 is 5.73 Å². The fraction of sp³-hybridized carbons (Fsp3) is 0.0909. The molecule has 2 aromatic carbocycles. The summed E-state index contributed by atoms with van der Waals surface area (Å²) in [6.07, 6.45) is 0.522. The van der Waals surface area contributed by atoms with Crippen LogP contribution in [0.25, 0.3) is 20.8 Å². The van der Waals surface area contributed by atoms with E-state index in [1.165, 1.54) is 16.2 Å². The molecule has 7 heteroatoms. The molecule has 2 N–H and O–H groups in total. The summed E-state index contributed by atoms with van der Waals surface area (Å²) >= 11 is 1.43. The van der Waals surface area contributed by atoms with Crippen LogP contribution in [0.15, 0.2) is 77.6 Å². The van der Waals surface area contributed by atoms with E-state index in [9.17, 15) is 9.59 Å². The summed E-state index contributed by atoms with van der Waals surface area (Å²) in [5.74, 6) is 0. The van der Waals surface area contributed by atoms with E-state index in [4.69, 9.17) is 5.73 Å². The van der Waals surface area contributed by atoms with Crippen LogP contribution in [0.1, 0.15) is 5.69 Å². The zero-order valence-electron chi connectivity index (χ0n) is 15.5. The van der Waals surface area contributed by atoms with Crippen LogP contribution < -0.4 is 16.2 Å². The second-order valence-electron chi connectivity index (χ2n) is 6.41. The van der Waals surface area contributed by atoms with Gasteiger partial charge in [-0.1, -0.05) is 36.4 Å². The lowest BCUT2D eigenvalue weighted by molar-refractivity contribution is 0.254. The van der Waals surface area contributed by atoms with Gasteiger partial charge in [0, 0.05) is 29.0 Å². The molecule has 0 radical (unpaired) electrons. The van der Waals surface area contributed by atoms with E-state index in [1.807, 2.05) is 66.7 Å². The maximum atomic E-state index is 12.3. The highest BCUT2D eigenvalue weighted by Crippen LogP contribution is 2.24. The summed E-state index contributed by atoms with van der Waals surface area (Å²) in [6.45, 7) is 0.400. The number of nitrogens with two attached hydrogens (primary N) is 1. The number of pyridine rings is 1. The predicted molar refractivity (Wildman–Crippen MR) is 116 cm³/mol. The molecule has 0 aliphatic carbocycles. The van der Waals surface area contributed by atoms with Crippen molar-refractivity contribution in [2.24, 2.45) is 5.73 Å². The topological polar surface area (TPSA) is 89.2 Å². The standard InChI is InChI=1S/C22H18N4O2S/c23-22(28)26(16-8-2-1-3-9-16)14-13-15-7-6-11-18(24-15)21-25-20(27)17-10-4-5-12-19(17)29-21/h1-12H,13-14H2,(H2,23,28). The number of para-hydroxylation sites is 1. The van der Waals surface area contributed by atoms with Gasteiger partial charge in [0.05, 0.1) is 11.1 Å². The first-order valence-electron chi connectivity index (χ1n) is 9.10. The molecule has 0 aliphatic heterocycles. The van der Waals surface area contributed by atoms with Crippen molar-refractivity contribution in [3.8, 4) is 10.7 Å². The first kappa shape index (κ1) is 18.8. The minimum atomic E-state index is -0.512. The van der Waals surface area contributed by atoms with Crippen molar-refractivity contribution in [1.82, 2.24) is 9.97 Å². The lowest BCUT2D eigenvalue weighted by Crippen LogP contribution is -2.37. The Labute approximate surface area is 171 Å². The fourth-order valence-electron chi connectivity index (χ4n) is 3.06. The quantitative estimate of drug-likeness (QED) is 0.549. The van der Waals surface area contributed by atoms with Gasteiger partial charge in [0.15, 0.2) is 0 Å². The number of urea groups is 1. The number of hydrogen-bond acceptors (Lipinski definition) is 5. The third-order valence-corrected chi connectivity index (χ3v) is 5.55. The van der Waals surface area contributed by atoms with Gasteiger partial charge in [-0.3, -0.25) is 14.7 Å². The molecule has 0 aliphatic rings. The number of hydrogen-bond donors (Lipinski definition) is 1. The Morgan fingerprint density at radius 3 is 2.48 bits per heavy atom. The molecular weight excluding hydrogens is 384 g/mol. The van der Waals surface area contributed by atoms with Crippen LogP contribution >= 0.6 is 11.3 Å².